The fourth-order valence-electron chi connectivity index (χ4n) is 7.01. The van der Waals surface area contributed by atoms with Crippen molar-refractivity contribution in [3.8, 4) is 11.5 Å². The first kappa shape index (κ1) is 28.6. The van der Waals surface area contributed by atoms with E-state index in [1.807, 2.05) is 108 Å². The van der Waals surface area contributed by atoms with Crippen LogP contribution in [0.25, 0.3) is 43.9 Å². The normalized spacial score (nSPS) is 14.0. The van der Waals surface area contributed by atoms with Gasteiger partial charge in [-0.2, -0.15) is 0 Å². The Balaban J connectivity index is 0.00000314. The van der Waals surface area contributed by atoms with Crippen molar-refractivity contribution in [3.63, 3.8) is 0 Å². The van der Waals surface area contributed by atoms with E-state index >= 15 is 0 Å². The van der Waals surface area contributed by atoms with Gasteiger partial charge in [0, 0.05) is 63.1 Å². The van der Waals surface area contributed by atoms with Gasteiger partial charge in [-0.3, -0.25) is 0 Å². The van der Waals surface area contributed by atoms with Crippen LogP contribution in [0.1, 0.15) is 0 Å². The average Bonchev–Trinajstić information content (AvgIpc) is 3.84. The Kier molecular flexibility index (Phi) is 6.39. The first-order chi connectivity index (χ1) is 23.1. The third-order valence-corrected chi connectivity index (χ3v) is 9.18. The molecule has 0 saturated carbocycles. The van der Waals surface area contributed by atoms with Gasteiger partial charge in [0.25, 0.3) is 0 Å². The molecule has 10 rings (SSSR count). The van der Waals surface area contributed by atoms with E-state index in [0.29, 0.717) is 29.2 Å². The van der Waals surface area contributed by atoms with Crippen LogP contribution in [0.5, 0.6) is 11.5 Å². The molecule has 2 N–H and O–H groups in total. The predicted octanol–water partition coefficient (Wildman–Crippen LogP) is 9.71. The number of para-hydroxylation sites is 6. The maximum atomic E-state index is 11.2. The maximum absolute atomic E-state index is 11.2. The smallest absolute Gasteiger partial charge is 0.506 e. The van der Waals surface area contributed by atoms with Crippen LogP contribution in [-0.2, 0) is 21.1 Å². The largest absolute Gasteiger partial charge is 2.00 e. The molecule has 0 unspecified atom stereocenters. The number of hydrogen-bond donors (Lipinski definition) is 2. The van der Waals surface area contributed by atoms with Crippen LogP contribution in [0.15, 0.2) is 130 Å². The van der Waals surface area contributed by atoms with Crippen LogP contribution >= 0.6 is 0 Å². The van der Waals surface area contributed by atoms with E-state index in [2.05, 4.69) is 34.1 Å². The Bertz CT molecular complexity index is 2370. The van der Waals surface area contributed by atoms with E-state index in [1.54, 1.807) is 12.1 Å². The predicted molar refractivity (Wildman–Crippen MR) is 186 cm³/mol. The van der Waals surface area contributed by atoms with E-state index in [-0.39, 0.29) is 32.6 Å². The van der Waals surface area contributed by atoms with Gasteiger partial charge in [-0.25, -0.2) is 0 Å². The molecular formula is C39H26N4O4Pt. The van der Waals surface area contributed by atoms with Crippen molar-refractivity contribution in [2.45, 2.75) is 0 Å². The molecule has 9 heteroatoms. The Morgan fingerprint density at radius 3 is 1.29 bits per heavy atom. The second kappa shape index (κ2) is 10.7. The second-order valence-corrected chi connectivity index (χ2v) is 11.9. The Morgan fingerprint density at radius 1 is 0.438 bits per heavy atom. The SMILES string of the molecule is Oc1cc2oc3ccccc3c2cc1N1[CH-]N(CN2[CH-]N(c3cc4c(cc3O)oc3ccccc34)c3ccccc32)c2ccccc21.[Pt+2]. The summed E-state index contributed by atoms with van der Waals surface area (Å²) in [6.45, 7) is 4.53. The van der Waals surface area contributed by atoms with Crippen LogP contribution in [0.4, 0.5) is 34.1 Å². The number of nitrogens with zero attached hydrogens (tertiary/aromatic N) is 4. The second-order valence-electron chi connectivity index (χ2n) is 11.9. The standard InChI is InChI=1S/C39H26N4O4.Pt/c44-34-19-38-26(24-9-1-7-15-36(24)46-38)17-32(34)42-22-40(28-11-3-5-13-30(28)42)21-41-23-43(31-14-6-4-12-29(31)41)33-18-27-25-10-2-8-16-37(25)47-39(27)20-35(33)45;/h1-20,22-23,44-45H,21H2;/q-2;+2. The summed E-state index contributed by atoms with van der Waals surface area (Å²) in [5, 5.41) is 26.4. The molecule has 236 valence electrons. The van der Waals surface area contributed by atoms with E-state index < -0.39 is 0 Å². The zero-order valence-corrected chi connectivity index (χ0v) is 27.5. The van der Waals surface area contributed by atoms with Crippen LogP contribution in [0, 0.1) is 13.3 Å². The molecular weight excluding hydrogens is 784 g/mol. The molecule has 8 aromatic rings. The molecule has 0 aliphatic carbocycles. The monoisotopic (exact) mass is 809 g/mol. The van der Waals surface area contributed by atoms with Gasteiger partial charge in [0.15, 0.2) is 0 Å². The van der Waals surface area contributed by atoms with Crippen molar-refractivity contribution >= 4 is 78.0 Å². The fourth-order valence-corrected chi connectivity index (χ4v) is 7.01. The van der Waals surface area contributed by atoms with Crippen LogP contribution in [-0.4, -0.2) is 16.9 Å². The fraction of sp³-hybridized carbons (Fsp3) is 0.0256. The van der Waals surface area contributed by atoms with Gasteiger partial charge in [0.05, 0.1) is 11.4 Å². The molecule has 0 spiro atoms. The maximum Gasteiger partial charge on any atom is 2.00 e. The molecule has 0 bridgehead atoms. The summed E-state index contributed by atoms with van der Waals surface area (Å²) in [5.41, 5.74) is 8.09. The van der Waals surface area contributed by atoms with Crippen molar-refractivity contribution in [2.24, 2.45) is 0 Å². The van der Waals surface area contributed by atoms with E-state index in [0.717, 1.165) is 55.5 Å². The minimum absolute atomic E-state index is 0. The number of phenols is 2. The zero-order chi connectivity index (χ0) is 31.2. The topological polar surface area (TPSA) is 79.7 Å². The number of benzene rings is 6. The molecule has 48 heavy (non-hydrogen) atoms. The summed E-state index contributed by atoms with van der Waals surface area (Å²) in [6, 6.07) is 39.5. The molecule has 2 aromatic heterocycles. The molecule has 2 aliphatic rings. The number of aromatic hydroxyl groups is 2. The van der Waals surface area contributed by atoms with Gasteiger partial charge in [0.2, 0.25) is 0 Å². The summed E-state index contributed by atoms with van der Waals surface area (Å²) < 4.78 is 12.0. The third-order valence-electron chi connectivity index (χ3n) is 9.18. The summed E-state index contributed by atoms with van der Waals surface area (Å²) in [5.74, 6) is 0.262. The quantitative estimate of drug-likeness (QED) is 0.170. The summed E-state index contributed by atoms with van der Waals surface area (Å²) in [4.78, 5) is 8.37. The third kappa shape index (κ3) is 4.19. The first-order valence-corrected chi connectivity index (χ1v) is 15.4. The number of fused-ring (bicyclic) bond motifs is 8. The van der Waals surface area contributed by atoms with Crippen molar-refractivity contribution in [2.75, 3.05) is 26.3 Å². The first-order valence-electron chi connectivity index (χ1n) is 15.4. The van der Waals surface area contributed by atoms with Gasteiger partial charge in [-0.1, -0.05) is 60.7 Å². The van der Waals surface area contributed by atoms with Crippen LogP contribution < -0.4 is 19.6 Å². The van der Waals surface area contributed by atoms with E-state index in [1.165, 1.54) is 0 Å². The number of anilines is 6. The molecule has 2 aliphatic heterocycles. The van der Waals surface area contributed by atoms with Gasteiger partial charge < -0.3 is 38.6 Å². The average molecular weight is 810 g/mol. The Hall–Kier alpha value is -5.59. The van der Waals surface area contributed by atoms with E-state index in [9.17, 15) is 10.2 Å². The summed E-state index contributed by atoms with van der Waals surface area (Å²) in [6.07, 6.45) is 0. The van der Waals surface area contributed by atoms with E-state index in [4.69, 9.17) is 8.83 Å². The van der Waals surface area contributed by atoms with Crippen LogP contribution in [0.3, 0.4) is 0 Å². The Morgan fingerprint density at radius 2 is 0.833 bits per heavy atom. The minimum atomic E-state index is 0. The van der Waals surface area contributed by atoms with Gasteiger partial charge >= 0.3 is 21.1 Å². The number of rotatable bonds is 4. The van der Waals surface area contributed by atoms with Crippen molar-refractivity contribution in [3.05, 3.63) is 135 Å². The van der Waals surface area contributed by atoms with Crippen molar-refractivity contribution in [1.82, 2.24) is 0 Å². The number of phenolic OH excluding ortho intramolecular Hbond substituents is 2. The molecule has 0 amide bonds. The molecule has 0 fully saturated rings. The molecule has 0 radical (unpaired) electrons. The van der Waals surface area contributed by atoms with Gasteiger partial charge in [-0.15, -0.1) is 13.3 Å². The number of furan rings is 2. The van der Waals surface area contributed by atoms with Crippen molar-refractivity contribution < 1.29 is 40.1 Å². The van der Waals surface area contributed by atoms with Gasteiger partial charge in [-0.05, 0) is 48.5 Å². The van der Waals surface area contributed by atoms with Crippen LogP contribution in [0.2, 0.25) is 0 Å². The molecule has 4 heterocycles. The zero-order valence-electron chi connectivity index (χ0n) is 25.2. The minimum Gasteiger partial charge on any atom is -0.506 e. The Labute approximate surface area is 289 Å². The molecule has 6 aromatic carbocycles. The van der Waals surface area contributed by atoms with Crippen molar-refractivity contribution in [1.29, 1.82) is 0 Å². The molecule has 8 nitrogen and oxygen atoms in total. The van der Waals surface area contributed by atoms with Gasteiger partial charge in [0.1, 0.15) is 33.8 Å². The summed E-state index contributed by atoms with van der Waals surface area (Å²) in [7, 11) is 0. The number of hydrogen-bond acceptors (Lipinski definition) is 8. The molecule has 0 saturated heterocycles. The molecule has 0 atom stereocenters. The summed E-state index contributed by atoms with van der Waals surface area (Å²) >= 11 is 0.